The third-order valence-electron chi connectivity index (χ3n) is 5.07. The first-order valence-electron chi connectivity index (χ1n) is 8.52. The average molecular weight is 381 g/mol. The molecule has 0 radical (unpaired) electrons. The molecule has 3 rings (SSSR count). The Morgan fingerprint density at radius 3 is 2.70 bits per heavy atom. The monoisotopic (exact) mass is 380 g/mol. The molecule has 0 bridgehead atoms. The van der Waals surface area contributed by atoms with E-state index in [2.05, 4.69) is 50.8 Å². The lowest BCUT2D eigenvalue weighted by atomic mass is 9.79. The minimum atomic E-state index is 0.104. The molecule has 2 N–H and O–H groups in total. The number of morpholine rings is 1. The molecular weight excluding hydrogens is 356 g/mol. The fourth-order valence-corrected chi connectivity index (χ4v) is 4.00. The van der Waals surface area contributed by atoms with Gasteiger partial charge in [0.2, 0.25) is 5.91 Å². The second-order valence-electron chi connectivity index (χ2n) is 6.70. The third kappa shape index (κ3) is 4.34. The molecule has 1 amide bonds. The zero-order valence-corrected chi connectivity index (χ0v) is 15.0. The maximum atomic E-state index is 12.3. The molecular formula is C18H25BrN2O2. The predicted octanol–water partition coefficient (Wildman–Crippen LogP) is 2.76. The highest BCUT2D eigenvalue weighted by Crippen LogP contribution is 2.40. The number of carbonyl (C=O) groups excluding carboxylic acids is 1. The highest BCUT2D eigenvalue weighted by molar-refractivity contribution is 9.10. The number of nitrogens with one attached hydrogen (secondary N) is 2. The van der Waals surface area contributed by atoms with Gasteiger partial charge in [-0.25, -0.2) is 0 Å². The standard InChI is InChI=1S/C18H25BrN2O2/c19-15-5-3-14(4-6-15)18(7-1-2-8-18)13-21-17(22)11-16-12-23-10-9-20-16/h3-6,16,20H,1-2,7-13H2,(H,21,22). The Labute approximate surface area is 146 Å². The predicted molar refractivity (Wildman–Crippen MR) is 94.5 cm³/mol. The van der Waals surface area contributed by atoms with Gasteiger partial charge in [-0.05, 0) is 30.5 Å². The van der Waals surface area contributed by atoms with Crippen LogP contribution in [0.2, 0.25) is 0 Å². The molecule has 1 aliphatic carbocycles. The first-order valence-corrected chi connectivity index (χ1v) is 9.31. The van der Waals surface area contributed by atoms with E-state index in [-0.39, 0.29) is 17.4 Å². The van der Waals surface area contributed by atoms with E-state index in [4.69, 9.17) is 4.74 Å². The first kappa shape index (κ1) is 16.9. The summed E-state index contributed by atoms with van der Waals surface area (Å²) in [4.78, 5) is 12.3. The van der Waals surface area contributed by atoms with Crippen molar-refractivity contribution in [2.45, 2.75) is 43.6 Å². The van der Waals surface area contributed by atoms with E-state index in [1.807, 2.05) is 0 Å². The lowest BCUT2D eigenvalue weighted by molar-refractivity contribution is -0.122. The van der Waals surface area contributed by atoms with Gasteiger partial charge in [0.05, 0.1) is 13.2 Å². The Balaban J connectivity index is 1.59. The number of rotatable bonds is 5. The number of hydrogen-bond donors (Lipinski definition) is 2. The van der Waals surface area contributed by atoms with Crippen molar-refractivity contribution in [1.82, 2.24) is 10.6 Å². The second-order valence-corrected chi connectivity index (χ2v) is 7.62. The Hall–Kier alpha value is -0.910. The molecule has 1 atom stereocenters. The van der Waals surface area contributed by atoms with Gasteiger partial charge >= 0.3 is 0 Å². The molecule has 1 heterocycles. The van der Waals surface area contributed by atoms with Crippen LogP contribution in [0.15, 0.2) is 28.7 Å². The smallest absolute Gasteiger partial charge is 0.221 e. The van der Waals surface area contributed by atoms with E-state index in [1.54, 1.807) is 0 Å². The summed E-state index contributed by atoms with van der Waals surface area (Å²) in [5.74, 6) is 0.122. The molecule has 1 aliphatic heterocycles. The highest BCUT2D eigenvalue weighted by Gasteiger charge is 2.36. The van der Waals surface area contributed by atoms with Crippen molar-refractivity contribution in [3.05, 3.63) is 34.3 Å². The molecule has 23 heavy (non-hydrogen) atoms. The van der Waals surface area contributed by atoms with Crippen molar-refractivity contribution in [3.8, 4) is 0 Å². The van der Waals surface area contributed by atoms with Crippen molar-refractivity contribution < 1.29 is 9.53 Å². The van der Waals surface area contributed by atoms with Crippen LogP contribution in [-0.4, -0.2) is 38.3 Å². The quantitative estimate of drug-likeness (QED) is 0.825. The molecule has 1 saturated carbocycles. The van der Waals surface area contributed by atoms with Gasteiger partial charge in [-0.2, -0.15) is 0 Å². The fourth-order valence-electron chi connectivity index (χ4n) is 3.74. The topological polar surface area (TPSA) is 50.4 Å². The molecule has 2 fully saturated rings. The zero-order valence-electron chi connectivity index (χ0n) is 13.4. The van der Waals surface area contributed by atoms with Gasteiger partial charge in [0.1, 0.15) is 0 Å². The summed E-state index contributed by atoms with van der Waals surface area (Å²) in [6, 6.07) is 8.73. The van der Waals surface area contributed by atoms with Crippen molar-refractivity contribution in [3.63, 3.8) is 0 Å². The molecule has 0 aromatic heterocycles. The Morgan fingerprint density at radius 2 is 2.04 bits per heavy atom. The maximum absolute atomic E-state index is 12.3. The number of benzene rings is 1. The van der Waals surface area contributed by atoms with Crippen LogP contribution < -0.4 is 10.6 Å². The largest absolute Gasteiger partial charge is 0.378 e. The van der Waals surface area contributed by atoms with Crippen molar-refractivity contribution >= 4 is 21.8 Å². The first-order chi connectivity index (χ1) is 11.2. The van der Waals surface area contributed by atoms with Gasteiger partial charge in [0.25, 0.3) is 0 Å². The lowest BCUT2D eigenvalue weighted by Crippen LogP contribution is -2.46. The van der Waals surface area contributed by atoms with E-state index in [0.29, 0.717) is 13.0 Å². The molecule has 126 valence electrons. The van der Waals surface area contributed by atoms with E-state index in [0.717, 1.165) is 37.0 Å². The van der Waals surface area contributed by atoms with Crippen LogP contribution in [0.3, 0.4) is 0 Å². The second kappa shape index (κ2) is 7.77. The van der Waals surface area contributed by atoms with Crippen LogP contribution in [0.25, 0.3) is 0 Å². The number of ether oxygens (including phenoxy) is 1. The van der Waals surface area contributed by atoms with Crippen LogP contribution in [0.5, 0.6) is 0 Å². The zero-order chi connectivity index (χ0) is 16.1. The molecule has 2 aliphatic rings. The highest BCUT2D eigenvalue weighted by atomic mass is 79.9. The van der Waals surface area contributed by atoms with Gasteiger partial charge in [-0.15, -0.1) is 0 Å². The third-order valence-corrected chi connectivity index (χ3v) is 5.60. The Kier molecular flexibility index (Phi) is 5.72. The van der Waals surface area contributed by atoms with Gasteiger partial charge in [-0.3, -0.25) is 4.79 Å². The maximum Gasteiger partial charge on any atom is 0.221 e. The van der Waals surface area contributed by atoms with Crippen molar-refractivity contribution in [2.75, 3.05) is 26.3 Å². The molecule has 1 aromatic carbocycles. The minimum Gasteiger partial charge on any atom is -0.378 e. The van der Waals surface area contributed by atoms with Crippen LogP contribution >= 0.6 is 15.9 Å². The number of carbonyl (C=O) groups is 1. The van der Waals surface area contributed by atoms with Gasteiger partial charge in [-0.1, -0.05) is 40.9 Å². The molecule has 5 heteroatoms. The minimum absolute atomic E-state index is 0.104. The van der Waals surface area contributed by atoms with Crippen LogP contribution in [0, 0.1) is 0 Å². The summed E-state index contributed by atoms with van der Waals surface area (Å²) in [6.07, 6.45) is 5.28. The van der Waals surface area contributed by atoms with Gasteiger partial charge in [0.15, 0.2) is 0 Å². The average Bonchev–Trinajstić information content (AvgIpc) is 3.05. The normalized spacial score (nSPS) is 23.6. The number of amides is 1. The van der Waals surface area contributed by atoms with E-state index < -0.39 is 0 Å². The summed E-state index contributed by atoms with van der Waals surface area (Å²) in [5, 5.41) is 6.51. The van der Waals surface area contributed by atoms with Crippen LogP contribution in [0.4, 0.5) is 0 Å². The lowest BCUT2D eigenvalue weighted by Gasteiger charge is -2.31. The summed E-state index contributed by atoms with van der Waals surface area (Å²) in [6.45, 7) is 2.94. The SMILES string of the molecule is O=C(CC1COCCN1)NCC1(c2ccc(Br)cc2)CCCC1. The summed E-state index contributed by atoms with van der Waals surface area (Å²) in [7, 11) is 0. The Bertz CT molecular complexity index is 520. The Morgan fingerprint density at radius 1 is 1.30 bits per heavy atom. The van der Waals surface area contributed by atoms with E-state index >= 15 is 0 Å². The van der Waals surface area contributed by atoms with Crippen LogP contribution in [-0.2, 0) is 14.9 Å². The number of hydrogen-bond acceptors (Lipinski definition) is 3. The summed E-state index contributed by atoms with van der Waals surface area (Å²) < 4.78 is 6.51. The van der Waals surface area contributed by atoms with Gasteiger partial charge < -0.3 is 15.4 Å². The van der Waals surface area contributed by atoms with Crippen molar-refractivity contribution in [1.29, 1.82) is 0 Å². The van der Waals surface area contributed by atoms with E-state index in [9.17, 15) is 4.79 Å². The van der Waals surface area contributed by atoms with Crippen molar-refractivity contribution in [2.24, 2.45) is 0 Å². The summed E-state index contributed by atoms with van der Waals surface area (Å²) in [5.41, 5.74) is 1.45. The fraction of sp³-hybridized carbons (Fsp3) is 0.611. The van der Waals surface area contributed by atoms with Gasteiger partial charge in [0, 0.05) is 35.4 Å². The molecule has 4 nitrogen and oxygen atoms in total. The molecule has 1 unspecified atom stereocenters. The van der Waals surface area contributed by atoms with E-state index in [1.165, 1.54) is 18.4 Å². The molecule has 1 saturated heterocycles. The summed E-state index contributed by atoms with van der Waals surface area (Å²) >= 11 is 3.50. The van der Waals surface area contributed by atoms with Crippen LogP contribution in [0.1, 0.15) is 37.7 Å². The molecule has 1 aromatic rings. The number of halogens is 1. The molecule has 0 spiro atoms.